The minimum absolute atomic E-state index is 0.0356. The Morgan fingerprint density at radius 3 is 2.89 bits per heavy atom. The van der Waals surface area contributed by atoms with E-state index in [9.17, 15) is 4.79 Å². The van der Waals surface area contributed by atoms with Crippen molar-refractivity contribution in [3.63, 3.8) is 0 Å². The summed E-state index contributed by atoms with van der Waals surface area (Å²) in [5.74, 6) is 1.72. The number of pyridine rings is 1. The largest absolute Gasteiger partial charge is 0.361 e. The summed E-state index contributed by atoms with van der Waals surface area (Å²) in [5.41, 5.74) is 3.26. The van der Waals surface area contributed by atoms with Gasteiger partial charge >= 0.3 is 0 Å². The molecule has 138 valence electrons. The Kier molecular flexibility index (Phi) is 4.78. The molecular formula is C19H21N7O. The lowest BCUT2D eigenvalue weighted by atomic mass is 10.0. The van der Waals surface area contributed by atoms with Crippen LogP contribution < -0.4 is 10.6 Å². The van der Waals surface area contributed by atoms with Crippen molar-refractivity contribution in [3.05, 3.63) is 53.7 Å². The fraction of sp³-hybridized carbons (Fsp3) is 0.316. The van der Waals surface area contributed by atoms with Crippen LogP contribution in [-0.4, -0.2) is 38.1 Å². The highest BCUT2D eigenvalue weighted by Gasteiger charge is 2.23. The molecule has 8 nitrogen and oxygen atoms in total. The monoisotopic (exact) mass is 363 g/mol. The number of rotatable bonds is 7. The van der Waals surface area contributed by atoms with Gasteiger partial charge in [-0.05, 0) is 54.2 Å². The van der Waals surface area contributed by atoms with E-state index in [0.29, 0.717) is 17.6 Å². The van der Waals surface area contributed by atoms with Crippen molar-refractivity contribution in [2.45, 2.75) is 31.7 Å². The summed E-state index contributed by atoms with van der Waals surface area (Å²) in [7, 11) is 0. The van der Waals surface area contributed by atoms with Gasteiger partial charge in [-0.15, -0.1) is 10.2 Å². The third kappa shape index (κ3) is 4.28. The van der Waals surface area contributed by atoms with Gasteiger partial charge in [-0.2, -0.15) is 5.21 Å². The first-order valence-electron chi connectivity index (χ1n) is 9.02. The summed E-state index contributed by atoms with van der Waals surface area (Å²) in [4.78, 5) is 16.5. The molecule has 3 aromatic rings. The molecule has 27 heavy (non-hydrogen) atoms. The molecule has 8 heteroatoms. The predicted octanol–water partition coefficient (Wildman–Crippen LogP) is 2.43. The van der Waals surface area contributed by atoms with Crippen molar-refractivity contribution < 1.29 is 4.79 Å². The van der Waals surface area contributed by atoms with E-state index in [1.807, 2.05) is 13.0 Å². The van der Waals surface area contributed by atoms with Crippen LogP contribution in [0.15, 0.2) is 42.6 Å². The topological polar surface area (TPSA) is 108 Å². The molecule has 4 rings (SSSR count). The molecule has 2 heterocycles. The van der Waals surface area contributed by atoms with E-state index in [4.69, 9.17) is 0 Å². The first-order chi connectivity index (χ1) is 13.2. The zero-order valence-corrected chi connectivity index (χ0v) is 15.0. The number of hydrogen-bond acceptors (Lipinski definition) is 6. The summed E-state index contributed by atoms with van der Waals surface area (Å²) in [5, 5.41) is 19.8. The molecule has 0 spiro atoms. The van der Waals surface area contributed by atoms with Crippen LogP contribution in [0.2, 0.25) is 0 Å². The molecule has 0 bridgehead atoms. The van der Waals surface area contributed by atoms with Gasteiger partial charge in [0, 0.05) is 11.8 Å². The Hall–Kier alpha value is -3.29. The smallest absolute Gasteiger partial charge is 0.239 e. The standard InChI is InChI=1S/C19H21N7O/c1-12(14-3-2-4-15(9-14)13-5-6-13)22-18(27)11-21-17-8-7-16(10-20-17)19-23-25-26-24-19/h2-4,7-10,12-13H,5-6,11H2,1H3,(H,20,21)(H,22,27)(H,23,24,25,26). The number of anilines is 1. The molecule has 1 saturated carbocycles. The molecule has 1 atom stereocenters. The zero-order valence-electron chi connectivity index (χ0n) is 15.0. The number of amides is 1. The van der Waals surface area contributed by atoms with Crippen molar-refractivity contribution in [3.8, 4) is 11.4 Å². The van der Waals surface area contributed by atoms with E-state index in [1.54, 1.807) is 12.3 Å². The van der Waals surface area contributed by atoms with Crippen LogP contribution in [-0.2, 0) is 4.79 Å². The van der Waals surface area contributed by atoms with Crippen molar-refractivity contribution in [2.24, 2.45) is 0 Å². The highest BCUT2D eigenvalue weighted by atomic mass is 16.1. The number of aromatic amines is 1. The second-order valence-electron chi connectivity index (χ2n) is 6.75. The first kappa shape index (κ1) is 17.1. The number of carbonyl (C=O) groups is 1. The number of hydrogen-bond donors (Lipinski definition) is 3. The van der Waals surface area contributed by atoms with Gasteiger partial charge in [0.1, 0.15) is 5.82 Å². The molecule has 1 amide bonds. The molecule has 1 aliphatic rings. The Bertz CT molecular complexity index is 904. The molecule has 1 aromatic carbocycles. The number of aromatic nitrogens is 5. The van der Waals surface area contributed by atoms with Crippen LogP contribution in [0.3, 0.4) is 0 Å². The second-order valence-corrected chi connectivity index (χ2v) is 6.75. The van der Waals surface area contributed by atoms with Crippen LogP contribution in [0.5, 0.6) is 0 Å². The Morgan fingerprint density at radius 2 is 2.19 bits per heavy atom. The van der Waals surface area contributed by atoms with Crippen LogP contribution >= 0.6 is 0 Å². The number of carbonyl (C=O) groups excluding carboxylic acids is 1. The van der Waals surface area contributed by atoms with Gasteiger partial charge < -0.3 is 10.6 Å². The zero-order chi connectivity index (χ0) is 18.6. The molecule has 1 aliphatic carbocycles. The number of H-pyrrole nitrogens is 1. The van der Waals surface area contributed by atoms with Gasteiger partial charge in [0.05, 0.1) is 12.6 Å². The number of benzene rings is 1. The van der Waals surface area contributed by atoms with Crippen LogP contribution in [0.1, 0.15) is 42.9 Å². The molecule has 0 radical (unpaired) electrons. The SMILES string of the molecule is CC(NC(=O)CNc1ccc(-c2nn[nH]n2)cn1)c1cccc(C2CC2)c1. The van der Waals surface area contributed by atoms with Crippen molar-refractivity contribution in [2.75, 3.05) is 11.9 Å². The average molecular weight is 363 g/mol. The molecule has 1 fully saturated rings. The number of nitrogens with zero attached hydrogens (tertiary/aromatic N) is 4. The van der Waals surface area contributed by atoms with Gasteiger partial charge in [-0.3, -0.25) is 4.79 Å². The molecule has 2 aromatic heterocycles. The summed E-state index contributed by atoms with van der Waals surface area (Å²) < 4.78 is 0. The van der Waals surface area contributed by atoms with Gasteiger partial charge in [0.15, 0.2) is 0 Å². The molecule has 3 N–H and O–H groups in total. The number of tetrazole rings is 1. The predicted molar refractivity (Wildman–Crippen MR) is 101 cm³/mol. The van der Waals surface area contributed by atoms with Crippen LogP contribution in [0.4, 0.5) is 5.82 Å². The van der Waals surface area contributed by atoms with Crippen molar-refractivity contribution in [1.82, 2.24) is 30.9 Å². The highest BCUT2D eigenvalue weighted by molar-refractivity contribution is 5.80. The average Bonchev–Trinajstić information content (AvgIpc) is 3.41. The van der Waals surface area contributed by atoms with E-state index >= 15 is 0 Å². The van der Waals surface area contributed by atoms with E-state index in [1.165, 1.54) is 18.4 Å². The minimum atomic E-state index is -0.0802. The lowest BCUT2D eigenvalue weighted by Gasteiger charge is -2.16. The quantitative estimate of drug-likeness (QED) is 0.595. The summed E-state index contributed by atoms with van der Waals surface area (Å²) in [6.45, 7) is 2.16. The van der Waals surface area contributed by atoms with E-state index < -0.39 is 0 Å². The maximum atomic E-state index is 12.3. The fourth-order valence-electron chi connectivity index (χ4n) is 2.96. The van der Waals surface area contributed by atoms with Gasteiger partial charge in [0.25, 0.3) is 0 Å². The normalized spacial score (nSPS) is 14.6. The van der Waals surface area contributed by atoms with Gasteiger partial charge in [-0.25, -0.2) is 4.98 Å². The van der Waals surface area contributed by atoms with Crippen LogP contribution in [0.25, 0.3) is 11.4 Å². The lowest BCUT2D eigenvalue weighted by Crippen LogP contribution is -2.32. The Morgan fingerprint density at radius 1 is 1.30 bits per heavy atom. The van der Waals surface area contributed by atoms with E-state index in [2.05, 4.69) is 60.5 Å². The summed E-state index contributed by atoms with van der Waals surface area (Å²) in [6.07, 6.45) is 4.18. The maximum absolute atomic E-state index is 12.3. The molecule has 0 aliphatic heterocycles. The van der Waals surface area contributed by atoms with E-state index in [-0.39, 0.29) is 18.5 Å². The number of nitrogens with one attached hydrogen (secondary N) is 3. The molecule has 1 unspecified atom stereocenters. The van der Waals surface area contributed by atoms with Crippen LogP contribution in [0, 0.1) is 0 Å². The molecule has 0 saturated heterocycles. The summed E-state index contributed by atoms with van der Waals surface area (Å²) >= 11 is 0. The Labute approximate surface area is 156 Å². The minimum Gasteiger partial charge on any atom is -0.361 e. The highest BCUT2D eigenvalue weighted by Crippen LogP contribution is 2.40. The third-order valence-electron chi connectivity index (χ3n) is 4.63. The summed E-state index contributed by atoms with van der Waals surface area (Å²) in [6, 6.07) is 12.1. The fourth-order valence-corrected chi connectivity index (χ4v) is 2.96. The van der Waals surface area contributed by atoms with Crippen molar-refractivity contribution in [1.29, 1.82) is 0 Å². The van der Waals surface area contributed by atoms with E-state index in [0.717, 1.165) is 11.1 Å². The second kappa shape index (κ2) is 7.53. The third-order valence-corrected chi connectivity index (χ3v) is 4.63. The lowest BCUT2D eigenvalue weighted by molar-refractivity contribution is -0.120. The van der Waals surface area contributed by atoms with Crippen molar-refractivity contribution >= 4 is 11.7 Å². The molecular weight excluding hydrogens is 342 g/mol. The first-order valence-corrected chi connectivity index (χ1v) is 9.02. The Balaban J connectivity index is 1.29. The van der Waals surface area contributed by atoms with Gasteiger partial charge in [-0.1, -0.05) is 24.3 Å². The van der Waals surface area contributed by atoms with Gasteiger partial charge in [0.2, 0.25) is 11.7 Å². The maximum Gasteiger partial charge on any atom is 0.239 e.